The molecule has 9 heteroatoms. The highest BCUT2D eigenvalue weighted by atomic mass is 35.5. The summed E-state index contributed by atoms with van der Waals surface area (Å²) < 4.78 is 9.18. The Kier molecular flexibility index (Phi) is 5.43. The number of benzene rings is 2. The lowest BCUT2D eigenvalue weighted by Gasteiger charge is -2.09. The second-order valence-electron chi connectivity index (χ2n) is 7.55. The van der Waals surface area contributed by atoms with Gasteiger partial charge in [0.15, 0.2) is 23.7 Å². The molecule has 5 rings (SSSR count). The van der Waals surface area contributed by atoms with Crippen molar-refractivity contribution in [3.05, 3.63) is 82.5 Å². The molecule has 0 amide bonds. The smallest absolute Gasteiger partial charge is 0.192 e. The lowest BCUT2D eigenvalue weighted by molar-refractivity contribution is 0.126. The predicted octanol–water partition coefficient (Wildman–Crippen LogP) is 4.90. The van der Waals surface area contributed by atoms with Gasteiger partial charge in [0.1, 0.15) is 12.1 Å². The van der Waals surface area contributed by atoms with Gasteiger partial charge in [-0.2, -0.15) is 0 Å². The van der Waals surface area contributed by atoms with E-state index in [0.29, 0.717) is 10.8 Å². The Morgan fingerprint density at radius 3 is 2.70 bits per heavy atom. The molecule has 0 aliphatic heterocycles. The maximum absolute atomic E-state index is 5.90. The highest BCUT2D eigenvalue weighted by molar-refractivity contribution is 6.30. The van der Waals surface area contributed by atoms with Crippen LogP contribution in [0, 0.1) is 13.8 Å². The number of fused-ring (bicyclic) bond motifs is 3. The van der Waals surface area contributed by atoms with Crippen molar-refractivity contribution >= 4 is 34.5 Å². The van der Waals surface area contributed by atoms with E-state index in [0.717, 1.165) is 44.9 Å². The number of methoxy groups -OCH3 is 1. The number of nitrogens with zero attached hydrogens (tertiary/aromatic N) is 6. The van der Waals surface area contributed by atoms with Crippen LogP contribution in [-0.2, 0) is 11.4 Å². The van der Waals surface area contributed by atoms with Crippen molar-refractivity contribution in [2.24, 2.45) is 5.16 Å². The maximum Gasteiger partial charge on any atom is 0.192 e. The molecular formula is C24H21ClN6O2. The zero-order chi connectivity index (χ0) is 22.9. The average Bonchev–Trinajstić information content (AvgIpc) is 3.36. The van der Waals surface area contributed by atoms with Crippen LogP contribution in [0.4, 0.5) is 0 Å². The van der Waals surface area contributed by atoms with Crippen LogP contribution < -0.4 is 4.74 Å². The lowest BCUT2D eigenvalue weighted by Crippen LogP contribution is -1.99. The minimum absolute atomic E-state index is 0.141. The molecule has 0 saturated carbocycles. The van der Waals surface area contributed by atoms with Crippen LogP contribution in [0.3, 0.4) is 0 Å². The van der Waals surface area contributed by atoms with E-state index in [1.54, 1.807) is 36.3 Å². The molecule has 166 valence electrons. The molecule has 0 N–H and O–H groups in total. The normalized spacial score (nSPS) is 11.6. The van der Waals surface area contributed by atoms with E-state index in [9.17, 15) is 0 Å². The van der Waals surface area contributed by atoms with Crippen molar-refractivity contribution in [2.45, 2.75) is 20.5 Å². The van der Waals surface area contributed by atoms with Gasteiger partial charge < -0.3 is 9.57 Å². The summed E-state index contributed by atoms with van der Waals surface area (Å²) in [5, 5.41) is 10.1. The summed E-state index contributed by atoms with van der Waals surface area (Å²) in [6, 6.07) is 15.2. The maximum atomic E-state index is 5.90. The van der Waals surface area contributed by atoms with Gasteiger partial charge in [0.2, 0.25) is 0 Å². The van der Waals surface area contributed by atoms with E-state index in [-0.39, 0.29) is 6.61 Å². The van der Waals surface area contributed by atoms with Crippen molar-refractivity contribution in [3.63, 3.8) is 0 Å². The number of oxime groups is 1. The minimum atomic E-state index is 0.141. The van der Waals surface area contributed by atoms with Gasteiger partial charge >= 0.3 is 0 Å². The van der Waals surface area contributed by atoms with Crippen molar-refractivity contribution in [1.29, 1.82) is 0 Å². The van der Waals surface area contributed by atoms with Gasteiger partial charge in [-0.3, -0.25) is 4.57 Å². The third-order valence-electron chi connectivity index (χ3n) is 5.53. The number of aromatic nitrogens is 5. The fraction of sp³-hybridized carbons (Fsp3) is 0.167. The van der Waals surface area contributed by atoms with E-state index < -0.39 is 0 Å². The fourth-order valence-electron chi connectivity index (χ4n) is 3.77. The molecule has 0 spiro atoms. The molecule has 2 aromatic carbocycles. The number of aryl methyl sites for hydroxylation is 1. The second kappa shape index (κ2) is 8.55. The predicted molar refractivity (Wildman–Crippen MR) is 127 cm³/mol. The van der Waals surface area contributed by atoms with Gasteiger partial charge in [0.05, 0.1) is 24.4 Å². The first kappa shape index (κ1) is 21.0. The zero-order valence-corrected chi connectivity index (χ0v) is 19.1. The molecule has 33 heavy (non-hydrogen) atoms. The summed E-state index contributed by atoms with van der Waals surface area (Å²) in [5.41, 5.74) is 5.56. The van der Waals surface area contributed by atoms with Crippen LogP contribution in [0.1, 0.15) is 22.6 Å². The Morgan fingerprint density at radius 2 is 1.91 bits per heavy atom. The fourth-order valence-corrected chi connectivity index (χ4v) is 3.90. The Labute approximate surface area is 195 Å². The third-order valence-corrected chi connectivity index (χ3v) is 5.78. The van der Waals surface area contributed by atoms with Gasteiger partial charge in [-0.25, -0.2) is 14.5 Å². The number of hydrogen-bond donors (Lipinski definition) is 0. The molecule has 0 atom stereocenters. The van der Waals surface area contributed by atoms with Crippen LogP contribution in [0.25, 0.3) is 22.4 Å². The Balaban J connectivity index is 1.47. The summed E-state index contributed by atoms with van der Waals surface area (Å²) in [5.74, 6) is 1.30. The van der Waals surface area contributed by atoms with Crippen LogP contribution in [0.15, 0.2) is 60.0 Å². The van der Waals surface area contributed by atoms with Crippen molar-refractivity contribution in [2.75, 3.05) is 7.11 Å². The lowest BCUT2D eigenvalue weighted by atomic mass is 10.2. The topological polar surface area (TPSA) is 78.8 Å². The van der Waals surface area contributed by atoms with Crippen LogP contribution in [0.2, 0.25) is 5.02 Å². The van der Waals surface area contributed by atoms with Gasteiger partial charge in [-0.1, -0.05) is 35.0 Å². The van der Waals surface area contributed by atoms with E-state index >= 15 is 0 Å². The zero-order valence-electron chi connectivity index (χ0n) is 18.4. The SMILES string of the molecule is COc1cccc(-n2c(C)c(C)c3c2ncn2nc(CO/N=C\c4ccc(Cl)cc4)nc32)c1. The quantitative estimate of drug-likeness (QED) is 0.266. The first-order valence-electron chi connectivity index (χ1n) is 10.3. The molecule has 3 aromatic heterocycles. The number of rotatable bonds is 6. The summed E-state index contributed by atoms with van der Waals surface area (Å²) in [4.78, 5) is 14.8. The molecule has 0 aliphatic carbocycles. The van der Waals surface area contributed by atoms with E-state index in [2.05, 4.69) is 33.7 Å². The summed E-state index contributed by atoms with van der Waals surface area (Å²) in [6.07, 6.45) is 3.29. The Hall–Kier alpha value is -3.91. The Morgan fingerprint density at radius 1 is 1.09 bits per heavy atom. The second-order valence-corrected chi connectivity index (χ2v) is 7.98. The van der Waals surface area contributed by atoms with Gasteiger partial charge in [-0.15, -0.1) is 5.10 Å². The van der Waals surface area contributed by atoms with E-state index in [1.807, 2.05) is 36.4 Å². The van der Waals surface area contributed by atoms with Crippen LogP contribution in [0.5, 0.6) is 5.75 Å². The van der Waals surface area contributed by atoms with E-state index in [1.165, 1.54) is 0 Å². The largest absolute Gasteiger partial charge is 0.497 e. The molecule has 8 nitrogen and oxygen atoms in total. The van der Waals surface area contributed by atoms with Crippen LogP contribution in [-0.4, -0.2) is 37.5 Å². The first-order chi connectivity index (χ1) is 16.0. The number of ether oxygens (including phenoxy) is 1. The molecule has 5 aromatic rings. The van der Waals surface area contributed by atoms with Crippen LogP contribution >= 0.6 is 11.6 Å². The molecule has 0 unspecified atom stereocenters. The molecule has 0 aliphatic rings. The van der Waals surface area contributed by atoms with Gasteiger partial charge in [0.25, 0.3) is 0 Å². The van der Waals surface area contributed by atoms with Gasteiger partial charge in [-0.05, 0) is 49.2 Å². The van der Waals surface area contributed by atoms with Gasteiger partial charge in [0, 0.05) is 16.8 Å². The summed E-state index contributed by atoms with van der Waals surface area (Å²) in [6.45, 7) is 4.28. The minimum Gasteiger partial charge on any atom is -0.497 e. The first-order valence-corrected chi connectivity index (χ1v) is 10.7. The van der Waals surface area contributed by atoms with Crippen molar-refractivity contribution < 1.29 is 9.57 Å². The molecular weight excluding hydrogens is 440 g/mol. The highest BCUT2D eigenvalue weighted by Crippen LogP contribution is 2.30. The van der Waals surface area contributed by atoms with Crippen molar-refractivity contribution in [1.82, 2.24) is 24.1 Å². The molecule has 0 radical (unpaired) electrons. The summed E-state index contributed by atoms with van der Waals surface area (Å²) >= 11 is 5.90. The molecule has 0 saturated heterocycles. The average molecular weight is 461 g/mol. The highest BCUT2D eigenvalue weighted by Gasteiger charge is 2.19. The third kappa shape index (κ3) is 3.89. The molecule has 3 heterocycles. The Bertz CT molecular complexity index is 1490. The van der Waals surface area contributed by atoms with E-state index in [4.69, 9.17) is 26.2 Å². The summed E-state index contributed by atoms with van der Waals surface area (Å²) in [7, 11) is 1.66. The monoisotopic (exact) mass is 460 g/mol. The standard InChI is InChI=1S/C24H21ClN6O2/c1-15-16(2)31(19-5-4-6-20(11-19)32-3)23-22(15)24-28-21(29-30(24)14-26-23)13-33-27-12-17-7-9-18(25)10-8-17/h4-12,14H,13H2,1-3H3/b27-12-. The number of hydrogen-bond acceptors (Lipinski definition) is 6. The molecule has 0 fully saturated rings. The number of halogens is 1. The van der Waals surface area contributed by atoms with Crippen molar-refractivity contribution in [3.8, 4) is 11.4 Å². The molecule has 0 bridgehead atoms.